The molecule has 0 nitrogen and oxygen atoms in total. The summed E-state index contributed by atoms with van der Waals surface area (Å²) in [6.45, 7) is 2.26. The minimum atomic E-state index is -5.59. The normalized spacial score (nSPS) is 27.5. The molecule has 0 spiro atoms. The number of halogens is 6. The first kappa shape index (κ1) is 27.4. The molecule has 1 unspecified atom stereocenters. The van der Waals surface area contributed by atoms with E-state index in [1.54, 1.807) is 0 Å². The fourth-order valence-electron chi connectivity index (χ4n) is 6.20. The summed E-state index contributed by atoms with van der Waals surface area (Å²) < 4.78 is 78.1. The first-order valence-electron chi connectivity index (χ1n) is 13.3. The molecular weight excluding hydrogens is 450 g/mol. The highest BCUT2D eigenvalue weighted by Crippen LogP contribution is 2.44. The largest absolute Gasteiger partial charge is 0.426 e. The number of alkyl halides is 6. The number of benzene rings is 1. The molecule has 2 saturated carbocycles. The van der Waals surface area contributed by atoms with Gasteiger partial charge >= 0.3 is 12.1 Å². The first-order chi connectivity index (χ1) is 16.1. The van der Waals surface area contributed by atoms with Crippen molar-refractivity contribution >= 4 is 0 Å². The molecule has 0 aromatic heterocycles. The van der Waals surface area contributed by atoms with Gasteiger partial charge in [-0.3, -0.25) is 0 Å². The molecule has 194 valence electrons. The van der Waals surface area contributed by atoms with E-state index in [0.29, 0.717) is 12.3 Å². The highest BCUT2D eigenvalue weighted by molar-refractivity contribution is 5.27. The number of aryl methyl sites for hydroxylation is 1. The number of hydrogen-bond acceptors (Lipinski definition) is 0. The fourth-order valence-corrected chi connectivity index (χ4v) is 6.20. The van der Waals surface area contributed by atoms with Crippen LogP contribution < -0.4 is 0 Å². The minimum absolute atomic E-state index is 0.614. The van der Waals surface area contributed by atoms with E-state index in [2.05, 4.69) is 6.92 Å². The SMILES string of the molecule is CCCCCC1CCC(C2CCC(CCc3ccc(C(F)(F)C(F)C(F)(F)F)cc3)CC2)CC1. The van der Waals surface area contributed by atoms with Gasteiger partial charge in [-0.1, -0.05) is 82.6 Å². The molecule has 3 rings (SSSR count). The molecule has 1 aromatic carbocycles. The van der Waals surface area contributed by atoms with Crippen molar-refractivity contribution < 1.29 is 26.3 Å². The van der Waals surface area contributed by atoms with Gasteiger partial charge in [0.1, 0.15) is 0 Å². The Balaban J connectivity index is 1.39. The van der Waals surface area contributed by atoms with Crippen molar-refractivity contribution in [2.45, 2.75) is 115 Å². The van der Waals surface area contributed by atoms with Crippen molar-refractivity contribution in [3.8, 4) is 0 Å². The van der Waals surface area contributed by atoms with Crippen LogP contribution in [-0.2, 0) is 12.3 Å². The van der Waals surface area contributed by atoms with Crippen LogP contribution in [0.3, 0.4) is 0 Å². The summed E-state index contributed by atoms with van der Waals surface area (Å²) in [5.74, 6) is -1.30. The molecule has 0 saturated heterocycles. The van der Waals surface area contributed by atoms with Crippen molar-refractivity contribution in [3.63, 3.8) is 0 Å². The highest BCUT2D eigenvalue weighted by atomic mass is 19.4. The fraction of sp³-hybridized carbons (Fsp3) is 0.786. The molecule has 1 aromatic rings. The zero-order valence-corrected chi connectivity index (χ0v) is 20.4. The Morgan fingerprint density at radius 3 is 1.71 bits per heavy atom. The van der Waals surface area contributed by atoms with E-state index in [0.717, 1.165) is 41.9 Å². The summed E-state index contributed by atoms with van der Waals surface area (Å²) in [7, 11) is 0. The van der Waals surface area contributed by atoms with Crippen LogP contribution in [-0.4, -0.2) is 12.3 Å². The van der Waals surface area contributed by atoms with Crippen LogP contribution >= 0.6 is 0 Å². The molecule has 2 fully saturated rings. The van der Waals surface area contributed by atoms with Crippen LogP contribution in [0.4, 0.5) is 26.3 Å². The third kappa shape index (κ3) is 7.40. The maximum absolute atomic E-state index is 13.8. The summed E-state index contributed by atoms with van der Waals surface area (Å²) in [6, 6.07) is 4.69. The Bertz CT molecular complexity index is 709. The van der Waals surface area contributed by atoms with Gasteiger partial charge in [0.15, 0.2) is 0 Å². The van der Waals surface area contributed by atoms with Gasteiger partial charge in [-0.15, -0.1) is 0 Å². The quantitative estimate of drug-likeness (QED) is 0.226. The average Bonchev–Trinajstić information content (AvgIpc) is 2.83. The van der Waals surface area contributed by atoms with Crippen LogP contribution in [0.5, 0.6) is 0 Å². The lowest BCUT2D eigenvalue weighted by atomic mass is 9.68. The zero-order valence-electron chi connectivity index (χ0n) is 20.4. The molecule has 0 amide bonds. The number of unbranched alkanes of at least 4 members (excludes halogenated alkanes) is 2. The van der Waals surface area contributed by atoms with E-state index in [1.165, 1.54) is 89.2 Å². The molecule has 2 aliphatic carbocycles. The lowest BCUT2D eigenvalue weighted by Crippen LogP contribution is -2.39. The topological polar surface area (TPSA) is 0 Å². The lowest BCUT2D eigenvalue weighted by Gasteiger charge is -2.38. The monoisotopic (exact) mass is 490 g/mol. The van der Waals surface area contributed by atoms with Gasteiger partial charge < -0.3 is 0 Å². The van der Waals surface area contributed by atoms with Crippen molar-refractivity contribution in [1.29, 1.82) is 0 Å². The van der Waals surface area contributed by atoms with E-state index in [1.807, 2.05) is 0 Å². The van der Waals surface area contributed by atoms with Gasteiger partial charge in [0.05, 0.1) is 0 Å². The maximum atomic E-state index is 13.8. The van der Waals surface area contributed by atoms with Crippen LogP contribution in [0.2, 0.25) is 0 Å². The van der Waals surface area contributed by atoms with Crippen molar-refractivity contribution in [1.82, 2.24) is 0 Å². The molecule has 2 aliphatic rings. The lowest BCUT2D eigenvalue weighted by molar-refractivity contribution is -0.248. The third-order valence-corrected chi connectivity index (χ3v) is 8.45. The van der Waals surface area contributed by atoms with E-state index >= 15 is 0 Å². The van der Waals surface area contributed by atoms with Gasteiger partial charge in [0.2, 0.25) is 0 Å². The summed E-state index contributed by atoms with van der Waals surface area (Å²) >= 11 is 0. The van der Waals surface area contributed by atoms with E-state index in [4.69, 9.17) is 0 Å². The summed E-state index contributed by atoms with van der Waals surface area (Å²) in [6.07, 6.45) is 7.84. The van der Waals surface area contributed by atoms with Gasteiger partial charge in [0.25, 0.3) is 6.17 Å². The predicted octanol–water partition coefficient (Wildman–Crippen LogP) is 9.80. The molecule has 1 atom stereocenters. The van der Waals surface area contributed by atoms with Gasteiger partial charge in [-0.2, -0.15) is 22.0 Å². The Labute approximate surface area is 200 Å². The third-order valence-electron chi connectivity index (χ3n) is 8.45. The molecule has 0 N–H and O–H groups in total. The molecule has 0 bridgehead atoms. The highest BCUT2D eigenvalue weighted by Gasteiger charge is 2.57. The zero-order chi connectivity index (χ0) is 24.8. The van der Waals surface area contributed by atoms with Crippen molar-refractivity contribution in [2.24, 2.45) is 23.7 Å². The van der Waals surface area contributed by atoms with E-state index < -0.39 is 23.8 Å². The Hall–Kier alpha value is -1.20. The number of hydrogen-bond donors (Lipinski definition) is 0. The smallest absolute Gasteiger partial charge is 0.230 e. The Kier molecular flexibility index (Phi) is 9.80. The second-order valence-corrected chi connectivity index (χ2v) is 10.8. The van der Waals surface area contributed by atoms with Gasteiger partial charge in [-0.05, 0) is 67.8 Å². The molecule has 6 heteroatoms. The van der Waals surface area contributed by atoms with Crippen LogP contribution in [0.15, 0.2) is 24.3 Å². The van der Waals surface area contributed by atoms with Crippen molar-refractivity contribution in [2.75, 3.05) is 0 Å². The molecule has 34 heavy (non-hydrogen) atoms. The second kappa shape index (κ2) is 12.2. The second-order valence-electron chi connectivity index (χ2n) is 10.8. The molecule has 0 aliphatic heterocycles. The summed E-state index contributed by atoms with van der Waals surface area (Å²) in [5, 5.41) is 0. The Morgan fingerprint density at radius 1 is 0.735 bits per heavy atom. The summed E-state index contributed by atoms with van der Waals surface area (Å²) in [4.78, 5) is 0. The molecule has 0 radical (unpaired) electrons. The first-order valence-corrected chi connectivity index (χ1v) is 13.3. The van der Waals surface area contributed by atoms with Crippen LogP contribution in [0.25, 0.3) is 0 Å². The predicted molar refractivity (Wildman–Crippen MR) is 125 cm³/mol. The van der Waals surface area contributed by atoms with E-state index in [-0.39, 0.29) is 0 Å². The van der Waals surface area contributed by atoms with Crippen LogP contribution in [0.1, 0.15) is 102 Å². The van der Waals surface area contributed by atoms with Gasteiger partial charge in [0, 0.05) is 5.56 Å². The van der Waals surface area contributed by atoms with E-state index in [9.17, 15) is 26.3 Å². The number of rotatable bonds is 10. The van der Waals surface area contributed by atoms with Gasteiger partial charge in [-0.25, -0.2) is 4.39 Å². The van der Waals surface area contributed by atoms with Crippen LogP contribution in [0, 0.1) is 23.7 Å². The van der Waals surface area contributed by atoms with Crippen molar-refractivity contribution in [3.05, 3.63) is 35.4 Å². The standard InChI is InChI=1S/C28H40F6/c1-2-3-4-5-20-8-14-23(15-9-20)24-16-10-21(11-17-24)6-7-22-12-18-25(19-13-22)27(30,31)26(29)28(32,33)34/h12-13,18-21,23-24,26H,2-11,14-17H2,1H3. The molecular formula is C28H40F6. The molecule has 0 heterocycles. The Morgan fingerprint density at radius 2 is 1.24 bits per heavy atom. The maximum Gasteiger partial charge on any atom is 0.426 e. The minimum Gasteiger partial charge on any atom is -0.230 e. The average molecular weight is 491 g/mol. The summed E-state index contributed by atoms with van der Waals surface area (Å²) in [5.41, 5.74) is -0.118.